The maximum absolute atomic E-state index is 13.6. The number of nitrogens with one attached hydrogen (secondary N) is 2. The van der Waals surface area contributed by atoms with E-state index < -0.39 is 17.6 Å². The molecule has 1 heterocycles. The number of hydrogen-bond donors (Lipinski definition) is 2. The van der Waals surface area contributed by atoms with E-state index in [1.54, 1.807) is 0 Å². The fraction of sp³-hybridized carbons (Fsp3) is 0.600. The molecule has 2 aliphatic rings. The molecule has 0 spiro atoms. The van der Waals surface area contributed by atoms with Gasteiger partial charge in [-0.25, -0.2) is 9.37 Å². The Balaban J connectivity index is 1.27. The van der Waals surface area contributed by atoms with Gasteiger partial charge in [-0.05, 0) is 87.6 Å². The Hall–Kier alpha value is -2.42. The minimum absolute atomic E-state index is 0.218. The van der Waals surface area contributed by atoms with Crippen LogP contribution in [0.15, 0.2) is 18.2 Å². The molecule has 2 aliphatic carbocycles. The smallest absolute Gasteiger partial charge is 0.362 e. The highest BCUT2D eigenvalue weighted by Crippen LogP contribution is 2.32. The molecule has 5 nitrogen and oxygen atoms in total. The van der Waals surface area contributed by atoms with Gasteiger partial charge in [0.2, 0.25) is 5.95 Å². The van der Waals surface area contributed by atoms with E-state index in [1.807, 2.05) is 14.1 Å². The quantitative estimate of drug-likeness (QED) is 0.525. The maximum Gasteiger partial charge on any atom is 0.416 e. The largest absolute Gasteiger partial charge is 0.416 e. The van der Waals surface area contributed by atoms with Gasteiger partial charge in [-0.1, -0.05) is 0 Å². The van der Waals surface area contributed by atoms with Crippen LogP contribution in [-0.4, -0.2) is 36.6 Å². The molecule has 0 saturated heterocycles. The van der Waals surface area contributed by atoms with Gasteiger partial charge in [0.25, 0.3) is 0 Å². The van der Waals surface area contributed by atoms with Crippen molar-refractivity contribution >= 4 is 11.8 Å². The number of hydrogen-bond acceptors (Lipinski definition) is 5. The van der Waals surface area contributed by atoms with Crippen LogP contribution in [-0.2, 0) is 25.6 Å². The summed E-state index contributed by atoms with van der Waals surface area (Å²) >= 11 is 0. The van der Waals surface area contributed by atoms with Crippen LogP contribution in [0.3, 0.4) is 0 Å². The van der Waals surface area contributed by atoms with Crippen molar-refractivity contribution in [3.63, 3.8) is 0 Å². The first kappa shape index (κ1) is 24.7. The van der Waals surface area contributed by atoms with E-state index in [4.69, 9.17) is 9.97 Å². The molecule has 1 fully saturated rings. The van der Waals surface area contributed by atoms with Gasteiger partial charge in [-0.2, -0.15) is 18.2 Å². The highest BCUT2D eigenvalue weighted by atomic mass is 19.4. The predicted molar refractivity (Wildman–Crippen MR) is 125 cm³/mol. The summed E-state index contributed by atoms with van der Waals surface area (Å²) in [6.45, 7) is 0.917. The maximum atomic E-state index is 13.6. The number of halogens is 4. The lowest BCUT2D eigenvalue weighted by Gasteiger charge is -2.30. The first-order valence-electron chi connectivity index (χ1n) is 12.1. The van der Waals surface area contributed by atoms with Crippen LogP contribution in [0.2, 0.25) is 0 Å². The zero-order chi connectivity index (χ0) is 24.3. The van der Waals surface area contributed by atoms with Crippen molar-refractivity contribution in [2.24, 2.45) is 5.92 Å². The average molecular weight is 480 g/mol. The average Bonchev–Trinajstić information content (AvgIpc) is 2.79. The van der Waals surface area contributed by atoms with Crippen LogP contribution in [0, 0.1) is 11.7 Å². The number of anilines is 2. The van der Waals surface area contributed by atoms with E-state index in [2.05, 4.69) is 15.5 Å². The minimum atomic E-state index is -4.54. The molecule has 0 amide bonds. The lowest BCUT2D eigenvalue weighted by Crippen LogP contribution is -2.32. The van der Waals surface area contributed by atoms with Crippen molar-refractivity contribution in [2.45, 2.75) is 70.1 Å². The number of alkyl halides is 3. The molecule has 0 unspecified atom stereocenters. The molecule has 34 heavy (non-hydrogen) atoms. The number of aryl methyl sites for hydroxylation is 1. The Bertz CT molecular complexity index is 984. The topological polar surface area (TPSA) is 53.1 Å². The molecule has 1 aromatic carbocycles. The summed E-state index contributed by atoms with van der Waals surface area (Å²) in [6.07, 6.45) is 3.84. The predicted octanol–water partition coefficient (Wildman–Crippen LogP) is 5.34. The Labute approximate surface area is 198 Å². The molecule has 1 saturated carbocycles. The van der Waals surface area contributed by atoms with Crippen molar-refractivity contribution in [3.05, 3.63) is 46.4 Å². The molecule has 2 N–H and O–H groups in total. The second-order valence-corrected chi connectivity index (χ2v) is 9.74. The van der Waals surface area contributed by atoms with Gasteiger partial charge in [0, 0.05) is 32.2 Å². The molecule has 0 radical (unpaired) electrons. The number of benzene rings is 1. The first-order valence-corrected chi connectivity index (χ1v) is 12.1. The van der Waals surface area contributed by atoms with Crippen LogP contribution >= 0.6 is 0 Å². The van der Waals surface area contributed by atoms with Crippen molar-refractivity contribution in [2.75, 3.05) is 30.9 Å². The third-order valence-corrected chi connectivity index (χ3v) is 6.81. The lowest BCUT2D eigenvalue weighted by atomic mass is 9.86. The van der Waals surface area contributed by atoms with E-state index in [-0.39, 0.29) is 6.54 Å². The highest BCUT2D eigenvalue weighted by molar-refractivity contribution is 5.52. The molecule has 0 bridgehead atoms. The Kier molecular flexibility index (Phi) is 7.60. The summed E-state index contributed by atoms with van der Waals surface area (Å²) in [7, 11) is 4.04. The van der Waals surface area contributed by atoms with Crippen molar-refractivity contribution in [1.29, 1.82) is 0 Å². The van der Waals surface area contributed by atoms with Crippen molar-refractivity contribution in [3.8, 4) is 0 Å². The Morgan fingerprint density at radius 3 is 2.44 bits per heavy atom. The molecule has 0 atom stereocenters. The normalized spacial score (nSPS) is 20.6. The van der Waals surface area contributed by atoms with Gasteiger partial charge < -0.3 is 15.5 Å². The van der Waals surface area contributed by atoms with Gasteiger partial charge in [-0.15, -0.1) is 0 Å². The summed E-state index contributed by atoms with van der Waals surface area (Å²) in [4.78, 5) is 11.7. The Morgan fingerprint density at radius 2 is 1.74 bits per heavy atom. The molecule has 0 aliphatic heterocycles. The number of nitrogens with zero attached hydrogens (tertiary/aromatic N) is 3. The summed E-state index contributed by atoms with van der Waals surface area (Å²) < 4.78 is 52.3. The first-order chi connectivity index (χ1) is 16.2. The number of rotatable bonds is 7. The van der Waals surface area contributed by atoms with E-state index in [1.165, 1.54) is 18.4 Å². The lowest BCUT2D eigenvalue weighted by molar-refractivity contribution is -0.137. The number of aromatic nitrogens is 2. The van der Waals surface area contributed by atoms with Crippen molar-refractivity contribution < 1.29 is 17.6 Å². The van der Waals surface area contributed by atoms with Gasteiger partial charge in [0.05, 0.1) is 11.3 Å². The van der Waals surface area contributed by atoms with Crippen LogP contribution < -0.4 is 15.5 Å². The van der Waals surface area contributed by atoms with E-state index in [0.717, 1.165) is 62.2 Å². The Morgan fingerprint density at radius 1 is 1.00 bits per heavy atom. The molecule has 2 aromatic rings. The summed E-state index contributed by atoms with van der Waals surface area (Å²) in [5, 5.41) is 6.75. The summed E-state index contributed by atoms with van der Waals surface area (Å²) in [6, 6.07) is 3.01. The third kappa shape index (κ3) is 6.17. The second kappa shape index (κ2) is 10.5. The van der Waals surface area contributed by atoms with Crippen LogP contribution in [0.25, 0.3) is 0 Å². The molecular formula is C25H33F4N5. The van der Waals surface area contributed by atoms with Crippen molar-refractivity contribution in [1.82, 2.24) is 15.3 Å². The zero-order valence-electron chi connectivity index (χ0n) is 19.8. The molecule has 4 rings (SSSR count). The standard InChI is InChI=1S/C25H33F4N5/c1-34(2)23-21-5-3-4-6-22(21)32-24(33-23)31-20-9-7-16(8-10-20)14-30-15-17-11-18(25(27,28)29)13-19(26)12-17/h11-13,16,20,30H,3-10,14-15H2,1-2H3,(H,31,32,33)/t16-,20+. The summed E-state index contributed by atoms with van der Waals surface area (Å²) in [5.74, 6) is 1.30. The van der Waals surface area contributed by atoms with Gasteiger partial charge >= 0.3 is 6.18 Å². The van der Waals surface area contributed by atoms with Gasteiger partial charge in [0.1, 0.15) is 11.6 Å². The minimum Gasteiger partial charge on any atom is -0.362 e. The van der Waals surface area contributed by atoms with E-state index >= 15 is 0 Å². The molecule has 1 aromatic heterocycles. The van der Waals surface area contributed by atoms with Gasteiger partial charge in [0.15, 0.2) is 0 Å². The molecule has 186 valence electrons. The summed E-state index contributed by atoms with van der Waals surface area (Å²) in [5.41, 5.74) is 1.80. The second-order valence-electron chi connectivity index (χ2n) is 9.74. The third-order valence-electron chi connectivity index (χ3n) is 6.81. The van der Waals surface area contributed by atoms with Crippen LogP contribution in [0.1, 0.15) is 60.9 Å². The van der Waals surface area contributed by atoms with E-state index in [0.29, 0.717) is 36.1 Å². The van der Waals surface area contributed by atoms with E-state index in [9.17, 15) is 17.6 Å². The number of fused-ring (bicyclic) bond motifs is 1. The van der Waals surface area contributed by atoms with Crippen LogP contribution in [0.4, 0.5) is 29.3 Å². The zero-order valence-corrected chi connectivity index (χ0v) is 19.8. The molecular weight excluding hydrogens is 446 g/mol. The van der Waals surface area contributed by atoms with Crippen LogP contribution in [0.5, 0.6) is 0 Å². The highest BCUT2D eigenvalue weighted by Gasteiger charge is 2.31. The SMILES string of the molecule is CN(C)c1nc(N[C@H]2CC[C@@H](CNCc3cc(F)cc(C(F)(F)F)c3)CC2)nc2c1CCCC2. The van der Waals surface area contributed by atoms with Gasteiger partial charge in [-0.3, -0.25) is 0 Å². The monoisotopic (exact) mass is 479 g/mol. The fourth-order valence-electron chi connectivity index (χ4n) is 5.04. The fourth-order valence-corrected chi connectivity index (χ4v) is 5.04. The molecule has 9 heteroatoms.